The van der Waals surface area contributed by atoms with Crippen molar-refractivity contribution in [3.05, 3.63) is 35.4 Å². The fourth-order valence-electron chi connectivity index (χ4n) is 2.37. The third-order valence-electron chi connectivity index (χ3n) is 4.04. The summed E-state index contributed by atoms with van der Waals surface area (Å²) in [6.07, 6.45) is 0. The summed E-state index contributed by atoms with van der Waals surface area (Å²) in [6.45, 7) is 13.0. The number of carbonyl (C=O) groups is 1. The molecule has 1 amide bonds. The Morgan fingerprint density at radius 1 is 1.14 bits per heavy atom. The smallest absolute Gasteiger partial charge is 0.239 e. The van der Waals surface area contributed by atoms with E-state index in [1.165, 1.54) is 11.1 Å². The van der Waals surface area contributed by atoms with Gasteiger partial charge in [-0.15, -0.1) is 12.4 Å². The lowest BCUT2D eigenvalue weighted by atomic mass is 9.82. The van der Waals surface area contributed by atoms with E-state index in [1.807, 2.05) is 27.8 Å². The average molecular weight is 327 g/mol. The zero-order valence-corrected chi connectivity index (χ0v) is 15.8. The van der Waals surface area contributed by atoms with E-state index in [0.29, 0.717) is 6.54 Å². The van der Waals surface area contributed by atoms with Gasteiger partial charge in [0.15, 0.2) is 0 Å². The predicted molar refractivity (Wildman–Crippen MR) is 96.5 cm³/mol. The Balaban J connectivity index is 0.00000441. The van der Waals surface area contributed by atoms with Crippen molar-refractivity contribution in [1.82, 2.24) is 4.90 Å². The summed E-state index contributed by atoms with van der Waals surface area (Å²) < 4.78 is 0. The lowest BCUT2D eigenvalue weighted by Gasteiger charge is -2.35. The van der Waals surface area contributed by atoms with Crippen molar-refractivity contribution in [2.45, 2.75) is 53.0 Å². The van der Waals surface area contributed by atoms with Gasteiger partial charge in [-0.1, -0.05) is 64.4 Å². The standard InChI is InChI=1S/C18H30N2O.ClH/c1-13-8-10-14(11-9-13)18(5,6)12-20(7)16(21)15(19)17(2,3)4;/h8-11,15H,12,19H2,1-7H3;1H/t15-;/m1./s1. The van der Waals surface area contributed by atoms with E-state index in [2.05, 4.69) is 45.0 Å². The highest BCUT2D eigenvalue weighted by Crippen LogP contribution is 2.26. The minimum atomic E-state index is -0.476. The molecule has 1 aromatic rings. The highest BCUT2D eigenvalue weighted by atomic mass is 35.5. The van der Waals surface area contributed by atoms with Crippen molar-refractivity contribution in [1.29, 1.82) is 0 Å². The van der Waals surface area contributed by atoms with Gasteiger partial charge in [-0.2, -0.15) is 0 Å². The average Bonchev–Trinajstić information content (AvgIpc) is 2.35. The fourth-order valence-corrected chi connectivity index (χ4v) is 2.37. The first-order chi connectivity index (χ1) is 9.45. The molecular formula is C18H31ClN2O. The van der Waals surface area contributed by atoms with Gasteiger partial charge in [0, 0.05) is 19.0 Å². The molecule has 4 heteroatoms. The van der Waals surface area contributed by atoms with Crippen LogP contribution in [0.4, 0.5) is 0 Å². The second-order valence-corrected chi connectivity index (χ2v) is 7.79. The number of benzene rings is 1. The van der Waals surface area contributed by atoms with Crippen molar-refractivity contribution in [2.75, 3.05) is 13.6 Å². The molecule has 3 nitrogen and oxygen atoms in total. The monoisotopic (exact) mass is 326 g/mol. The zero-order chi connectivity index (χ0) is 16.4. The molecule has 1 atom stereocenters. The summed E-state index contributed by atoms with van der Waals surface area (Å²) in [7, 11) is 1.84. The highest BCUT2D eigenvalue weighted by Gasteiger charge is 2.32. The Kier molecular flexibility index (Phi) is 7.11. The third-order valence-corrected chi connectivity index (χ3v) is 4.04. The minimum Gasteiger partial charge on any atom is -0.344 e. The van der Waals surface area contributed by atoms with Gasteiger partial charge in [0.1, 0.15) is 0 Å². The summed E-state index contributed by atoms with van der Waals surface area (Å²) in [5.41, 5.74) is 8.23. The second kappa shape index (κ2) is 7.47. The molecule has 0 unspecified atom stereocenters. The number of nitrogens with two attached hydrogens (primary N) is 1. The normalized spacial score (nSPS) is 13.3. The largest absolute Gasteiger partial charge is 0.344 e. The number of carbonyl (C=O) groups excluding carboxylic acids is 1. The number of halogens is 1. The number of rotatable bonds is 4. The SMILES string of the molecule is Cc1ccc(C(C)(C)CN(C)C(=O)[C@@H](N)C(C)(C)C)cc1.Cl. The summed E-state index contributed by atoms with van der Waals surface area (Å²) in [6, 6.07) is 8.02. The van der Waals surface area contributed by atoms with Gasteiger partial charge in [-0.05, 0) is 17.9 Å². The lowest BCUT2D eigenvalue weighted by Crippen LogP contribution is -2.51. The molecule has 0 aliphatic heterocycles. The van der Waals surface area contributed by atoms with Crippen LogP contribution < -0.4 is 5.73 Å². The van der Waals surface area contributed by atoms with Crippen LogP contribution in [-0.2, 0) is 10.2 Å². The van der Waals surface area contributed by atoms with Crippen LogP contribution in [0.2, 0.25) is 0 Å². The van der Waals surface area contributed by atoms with Crippen molar-refractivity contribution in [2.24, 2.45) is 11.1 Å². The Morgan fingerprint density at radius 2 is 1.59 bits per heavy atom. The molecule has 0 spiro atoms. The number of hydrogen-bond acceptors (Lipinski definition) is 2. The molecule has 126 valence electrons. The maximum Gasteiger partial charge on any atom is 0.239 e. The van der Waals surface area contributed by atoms with Crippen LogP contribution in [0.5, 0.6) is 0 Å². The van der Waals surface area contributed by atoms with E-state index in [1.54, 1.807) is 4.90 Å². The number of hydrogen-bond donors (Lipinski definition) is 1. The van der Waals surface area contributed by atoms with E-state index in [4.69, 9.17) is 5.73 Å². The Morgan fingerprint density at radius 3 is 2.00 bits per heavy atom. The van der Waals surface area contributed by atoms with Crippen LogP contribution in [0.25, 0.3) is 0 Å². The summed E-state index contributed by atoms with van der Waals surface area (Å²) in [4.78, 5) is 14.2. The van der Waals surface area contributed by atoms with Crippen LogP contribution in [0.15, 0.2) is 24.3 Å². The molecule has 0 bridgehead atoms. The first-order valence-corrected chi connectivity index (χ1v) is 7.53. The van der Waals surface area contributed by atoms with Gasteiger partial charge in [0.25, 0.3) is 0 Å². The summed E-state index contributed by atoms with van der Waals surface area (Å²) >= 11 is 0. The molecule has 0 saturated carbocycles. The second-order valence-electron chi connectivity index (χ2n) is 7.79. The molecule has 0 heterocycles. The van der Waals surface area contributed by atoms with E-state index in [9.17, 15) is 4.79 Å². The van der Waals surface area contributed by atoms with E-state index in [0.717, 1.165) is 0 Å². The van der Waals surface area contributed by atoms with Gasteiger partial charge >= 0.3 is 0 Å². The van der Waals surface area contributed by atoms with Crippen LogP contribution in [0, 0.1) is 12.3 Å². The number of aryl methyl sites for hydroxylation is 1. The molecular weight excluding hydrogens is 296 g/mol. The quantitative estimate of drug-likeness (QED) is 0.920. The van der Waals surface area contributed by atoms with Crippen molar-refractivity contribution < 1.29 is 4.79 Å². The fraction of sp³-hybridized carbons (Fsp3) is 0.611. The molecule has 1 aromatic carbocycles. The molecule has 0 saturated heterocycles. The van der Waals surface area contributed by atoms with Gasteiger partial charge in [-0.25, -0.2) is 0 Å². The van der Waals surface area contributed by atoms with Crippen LogP contribution >= 0.6 is 12.4 Å². The molecule has 1 rings (SSSR count). The predicted octanol–water partition coefficient (Wildman–Crippen LogP) is 3.53. The van der Waals surface area contributed by atoms with Gasteiger partial charge in [-0.3, -0.25) is 4.79 Å². The molecule has 0 fully saturated rings. The minimum absolute atomic E-state index is 0. The van der Waals surface area contributed by atoms with E-state index < -0.39 is 6.04 Å². The zero-order valence-electron chi connectivity index (χ0n) is 14.9. The first-order valence-electron chi connectivity index (χ1n) is 7.53. The Bertz CT molecular complexity index is 489. The van der Waals surface area contributed by atoms with Crippen molar-refractivity contribution in [3.8, 4) is 0 Å². The van der Waals surface area contributed by atoms with E-state index in [-0.39, 0.29) is 29.1 Å². The molecule has 22 heavy (non-hydrogen) atoms. The van der Waals surface area contributed by atoms with Crippen LogP contribution in [-0.4, -0.2) is 30.4 Å². The maximum atomic E-state index is 12.5. The third kappa shape index (κ3) is 5.29. The van der Waals surface area contributed by atoms with Gasteiger partial charge < -0.3 is 10.6 Å². The van der Waals surface area contributed by atoms with Gasteiger partial charge in [0.2, 0.25) is 5.91 Å². The van der Waals surface area contributed by atoms with Crippen LogP contribution in [0.1, 0.15) is 45.7 Å². The Hall–Kier alpha value is -1.06. The molecule has 0 aliphatic rings. The number of likely N-dealkylation sites (N-methyl/N-ethyl adjacent to an activating group) is 1. The van der Waals surface area contributed by atoms with E-state index >= 15 is 0 Å². The Labute approximate surface area is 141 Å². The highest BCUT2D eigenvalue weighted by molar-refractivity contribution is 5.85. The number of nitrogens with zero attached hydrogens (tertiary/aromatic N) is 1. The molecule has 2 N–H and O–H groups in total. The lowest BCUT2D eigenvalue weighted by molar-refractivity contribution is -0.134. The maximum absolute atomic E-state index is 12.5. The molecule has 0 radical (unpaired) electrons. The topological polar surface area (TPSA) is 46.3 Å². The van der Waals surface area contributed by atoms with Crippen LogP contribution in [0.3, 0.4) is 0 Å². The number of amides is 1. The van der Waals surface area contributed by atoms with Crippen molar-refractivity contribution >= 4 is 18.3 Å². The van der Waals surface area contributed by atoms with Crippen molar-refractivity contribution in [3.63, 3.8) is 0 Å². The summed E-state index contributed by atoms with van der Waals surface area (Å²) in [5, 5.41) is 0. The molecule has 0 aromatic heterocycles. The first kappa shape index (κ1) is 20.9. The summed E-state index contributed by atoms with van der Waals surface area (Å²) in [5.74, 6) is 0.00249. The van der Waals surface area contributed by atoms with Gasteiger partial charge in [0.05, 0.1) is 6.04 Å². The molecule has 0 aliphatic carbocycles.